The van der Waals surface area contributed by atoms with Crippen molar-refractivity contribution in [3.8, 4) is 12.3 Å². The van der Waals surface area contributed by atoms with Crippen LogP contribution in [-0.4, -0.2) is 10.7 Å². The van der Waals surface area contributed by atoms with Crippen LogP contribution in [0.3, 0.4) is 0 Å². The van der Waals surface area contributed by atoms with Crippen LogP contribution >= 0.6 is 0 Å². The molecule has 0 aromatic heterocycles. The van der Waals surface area contributed by atoms with Gasteiger partial charge in [-0.1, -0.05) is 26.7 Å². The topological polar surface area (TPSA) is 20.2 Å². The summed E-state index contributed by atoms with van der Waals surface area (Å²) in [6, 6.07) is 0. The molecule has 1 aliphatic carbocycles. The van der Waals surface area contributed by atoms with Gasteiger partial charge in [0.25, 0.3) is 0 Å². The predicted octanol–water partition coefficient (Wildman–Crippen LogP) is 2.98. The van der Waals surface area contributed by atoms with Gasteiger partial charge in [-0.25, -0.2) is 0 Å². The van der Waals surface area contributed by atoms with E-state index < -0.39 is 5.60 Å². The van der Waals surface area contributed by atoms with E-state index in [1.54, 1.807) is 0 Å². The highest BCUT2D eigenvalue weighted by molar-refractivity contribution is 4.92. The quantitative estimate of drug-likeness (QED) is 0.541. The second-order valence-electron chi connectivity index (χ2n) is 4.82. The third-order valence-corrected chi connectivity index (χ3v) is 3.90. The van der Waals surface area contributed by atoms with E-state index in [0.717, 1.165) is 32.1 Å². The van der Waals surface area contributed by atoms with Crippen molar-refractivity contribution in [2.75, 3.05) is 0 Å². The lowest BCUT2D eigenvalue weighted by Gasteiger charge is -2.42. The van der Waals surface area contributed by atoms with Crippen LogP contribution in [-0.2, 0) is 0 Å². The average Bonchev–Trinajstić information content (AvgIpc) is 2.15. The standard InChI is InChI=1S/C13H22O/c1-4-5-6-9-13(14)10-7-8-11(2)12(13)3/h1,11-12,14H,5-10H2,2-3H3. The van der Waals surface area contributed by atoms with Crippen LogP contribution in [0.2, 0.25) is 0 Å². The van der Waals surface area contributed by atoms with Gasteiger partial charge >= 0.3 is 0 Å². The zero-order valence-corrected chi connectivity index (χ0v) is 9.42. The Morgan fingerprint density at radius 3 is 2.86 bits per heavy atom. The Kier molecular flexibility index (Phi) is 4.01. The molecule has 0 aromatic carbocycles. The number of rotatable bonds is 3. The molecular formula is C13H22O. The molecule has 0 radical (unpaired) electrons. The molecule has 3 atom stereocenters. The van der Waals surface area contributed by atoms with Crippen molar-refractivity contribution in [2.45, 2.75) is 58.0 Å². The molecule has 1 nitrogen and oxygen atoms in total. The average molecular weight is 194 g/mol. The van der Waals surface area contributed by atoms with Gasteiger partial charge in [-0.2, -0.15) is 0 Å². The number of hydrogen-bond donors (Lipinski definition) is 1. The minimum Gasteiger partial charge on any atom is -0.390 e. The molecule has 1 saturated carbocycles. The summed E-state index contributed by atoms with van der Waals surface area (Å²) in [7, 11) is 0. The van der Waals surface area contributed by atoms with Crippen molar-refractivity contribution in [2.24, 2.45) is 11.8 Å². The van der Waals surface area contributed by atoms with Crippen molar-refractivity contribution in [1.29, 1.82) is 0 Å². The van der Waals surface area contributed by atoms with Crippen molar-refractivity contribution >= 4 is 0 Å². The molecule has 0 amide bonds. The third kappa shape index (κ3) is 2.51. The first-order valence-corrected chi connectivity index (χ1v) is 5.76. The Hall–Kier alpha value is -0.480. The maximum absolute atomic E-state index is 10.5. The lowest BCUT2D eigenvalue weighted by molar-refractivity contribution is -0.0697. The molecule has 1 N–H and O–H groups in total. The van der Waals surface area contributed by atoms with Crippen LogP contribution in [0, 0.1) is 24.2 Å². The van der Waals surface area contributed by atoms with Gasteiger partial charge in [0.2, 0.25) is 0 Å². The van der Waals surface area contributed by atoms with Gasteiger partial charge in [0.05, 0.1) is 5.60 Å². The molecule has 1 heteroatoms. The summed E-state index contributed by atoms with van der Waals surface area (Å²) in [5.74, 6) is 3.72. The van der Waals surface area contributed by atoms with Crippen LogP contribution in [0.15, 0.2) is 0 Å². The highest BCUT2D eigenvalue weighted by Gasteiger charge is 2.38. The minimum atomic E-state index is -0.436. The Morgan fingerprint density at radius 1 is 1.50 bits per heavy atom. The molecule has 0 bridgehead atoms. The van der Waals surface area contributed by atoms with Crippen LogP contribution in [0.25, 0.3) is 0 Å². The number of hydrogen-bond acceptors (Lipinski definition) is 1. The predicted molar refractivity (Wildman–Crippen MR) is 59.8 cm³/mol. The summed E-state index contributed by atoms with van der Waals surface area (Å²) in [5.41, 5.74) is -0.436. The maximum Gasteiger partial charge on any atom is 0.0676 e. The Bertz CT molecular complexity index is 216. The maximum atomic E-state index is 10.5. The van der Waals surface area contributed by atoms with Gasteiger partial charge in [-0.05, 0) is 31.1 Å². The van der Waals surface area contributed by atoms with Crippen LogP contribution in [0.1, 0.15) is 52.4 Å². The first kappa shape index (κ1) is 11.6. The molecule has 0 aromatic rings. The van der Waals surface area contributed by atoms with Crippen molar-refractivity contribution in [3.05, 3.63) is 0 Å². The van der Waals surface area contributed by atoms with Gasteiger partial charge in [-0.15, -0.1) is 12.3 Å². The second kappa shape index (κ2) is 4.84. The van der Waals surface area contributed by atoms with Crippen molar-refractivity contribution < 1.29 is 5.11 Å². The van der Waals surface area contributed by atoms with E-state index in [1.165, 1.54) is 6.42 Å². The fourth-order valence-electron chi connectivity index (χ4n) is 2.59. The van der Waals surface area contributed by atoms with E-state index in [-0.39, 0.29) is 0 Å². The summed E-state index contributed by atoms with van der Waals surface area (Å²) in [5, 5.41) is 10.5. The fourth-order valence-corrected chi connectivity index (χ4v) is 2.59. The first-order chi connectivity index (χ1) is 6.60. The molecule has 3 unspecified atom stereocenters. The lowest BCUT2D eigenvalue weighted by atomic mass is 9.68. The van der Waals surface area contributed by atoms with E-state index in [0.29, 0.717) is 11.8 Å². The zero-order valence-electron chi connectivity index (χ0n) is 9.42. The van der Waals surface area contributed by atoms with Gasteiger partial charge < -0.3 is 5.11 Å². The van der Waals surface area contributed by atoms with Crippen molar-refractivity contribution in [3.63, 3.8) is 0 Å². The molecule has 1 fully saturated rings. The summed E-state index contributed by atoms with van der Waals surface area (Å²) in [6.07, 6.45) is 11.2. The van der Waals surface area contributed by atoms with E-state index in [2.05, 4.69) is 19.8 Å². The van der Waals surface area contributed by atoms with Gasteiger partial charge in [0, 0.05) is 6.42 Å². The van der Waals surface area contributed by atoms with Gasteiger partial charge in [0.15, 0.2) is 0 Å². The highest BCUT2D eigenvalue weighted by atomic mass is 16.3. The first-order valence-electron chi connectivity index (χ1n) is 5.76. The highest BCUT2D eigenvalue weighted by Crippen LogP contribution is 2.40. The van der Waals surface area contributed by atoms with E-state index in [4.69, 9.17) is 6.42 Å². The van der Waals surface area contributed by atoms with Crippen molar-refractivity contribution in [1.82, 2.24) is 0 Å². The van der Waals surface area contributed by atoms with E-state index >= 15 is 0 Å². The Labute approximate surface area is 87.9 Å². The molecule has 1 aliphatic rings. The normalized spacial score (nSPS) is 37.9. The van der Waals surface area contributed by atoms with Gasteiger partial charge in [-0.3, -0.25) is 0 Å². The summed E-state index contributed by atoms with van der Waals surface area (Å²) >= 11 is 0. The summed E-state index contributed by atoms with van der Waals surface area (Å²) in [4.78, 5) is 0. The fraction of sp³-hybridized carbons (Fsp3) is 0.846. The Morgan fingerprint density at radius 2 is 2.21 bits per heavy atom. The largest absolute Gasteiger partial charge is 0.390 e. The summed E-state index contributed by atoms with van der Waals surface area (Å²) in [6.45, 7) is 4.43. The molecular weight excluding hydrogens is 172 g/mol. The van der Waals surface area contributed by atoms with Crippen LogP contribution in [0.4, 0.5) is 0 Å². The monoisotopic (exact) mass is 194 g/mol. The van der Waals surface area contributed by atoms with Gasteiger partial charge in [0.1, 0.15) is 0 Å². The molecule has 14 heavy (non-hydrogen) atoms. The molecule has 0 heterocycles. The molecule has 0 saturated heterocycles. The van der Waals surface area contributed by atoms with E-state index in [1.807, 2.05) is 0 Å². The number of unbranched alkanes of at least 4 members (excludes halogenated alkanes) is 1. The summed E-state index contributed by atoms with van der Waals surface area (Å²) < 4.78 is 0. The smallest absolute Gasteiger partial charge is 0.0676 e. The molecule has 80 valence electrons. The second-order valence-corrected chi connectivity index (χ2v) is 4.82. The number of aliphatic hydroxyl groups is 1. The van der Waals surface area contributed by atoms with E-state index in [9.17, 15) is 5.11 Å². The zero-order chi connectivity index (χ0) is 10.6. The SMILES string of the molecule is C#CCCCC1(O)CCCC(C)C1C. The molecule has 0 spiro atoms. The van der Waals surface area contributed by atoms with Crippen LogP contribution in [0.5, 0.6) is 0 Å². The minimum absolute atomic E-state index is 0.425. The molecule has 0 aliphatic heterocycles. The lowest BCUT2D eigenvalue weighted by Crippen LogP contribution is -2.42. The number of terminal acetylenes is 1. The third-order valence-electron chi connectivity index (χ3n) is 3.90. The molecule has 1 rings (SSSR count). The Balaban J connectivity index is 2.49. The van der Waals surface area contributed by atoms with Crippen LogP contribution < -0.4 is 0 Å².